The van der Waals surface area contributed by atoms with Gasteiger partial charge in [0.05, 0.1) is 0 Å². The topological polar surface area (TPSA) is 51.4 Å². The van der Waals surface area contributed by atoms with Crippen LogP contribution in [0.4, 0.5) is 5.88 Å². The van der Waals surface area contributed by atoms with Gasteiger partial charge in [-0.25, -0.2) is 0 Å². The van der Waals surface area contributed by atoms with Gasteiger partial charge in [0.2, 0.25) is 0 Å². The standard InChI is InChI=1S/C4H3N3O2S/c1-2-10-7(8-1)4-3-5-6-9-4/h1-3H. The van der Waals surface area contributed by atoms with Gasteiger partial charge in [0, 0.05) is 22.6 Å². The Bertz CT molecular complexity index is 227. The van der Waals surface area contributed by atoms with Crippen LogP contribution in [0.2, 0.25) is 0 Å². The molecule has 2 rings (SSSR count). The van der Waals surface area contributed by atoms with Crippen LogP contribution in [0, 0.1) is 0 Å². The van der Waals surface area contributed by atoms with E-state index in [1.54, 1.807) is 11.7 Å². The maximum absolute atomic E-state index is 4.94. The van der Waals surface area contributed by atoms with Gasteiger partial charge in [-0.1, -0.05) is 0 Å². The summed E-state index contributed by atoms with van der Waals surface area (Å²) < 4.78 is 6.15. The zero-order chi connectivity index (χ0) is 6.81. The van der Waals surface area contributed by atoms with Gasteiger partial charge < -0.3 is 9.36 Å². The van der Waals surface area contributed by atoms with Crippen LogP contribution < -0.4 is 4.47 Å². The average Bonchev–Trinajstić information content (AvgIpc) is 2.59. The molecule has 1 aliphatic heterocycles. The van der Waals surface area contributed by atoms with E-state index < -0.39 is 0 Å². The van der Waals surface area contributed by atoms with Gasteiger partial charge in [-0.2, -0.15) is 0 Å². The smallest absolute Gasteiger partial charge is 0.291 e. The number of aromatic nitrogens is 2. The van der Waals surface area contributed by atoms with Crippen LogP contribution in [0.1, 0.15) is 0 Å². The molecule has 1 aromatic rings. The van der Waals surface area contributed by atoms with Crippen molar-refractivity contribution < 1.29 is 9.36 Å². The van der Waals surface area contributed by atoms with Crippen molar-refractivity contribution in [3.05, 3.63) is 17.9 Å². The summed E-state index contributed by atoms with van der Waals surface area (Å²) >= 11 is 1.36. The van der Waals surface area contributed by atoms with E-state index >= 15 is 0 Å². The molecule has 0 fully saturated rings. The molecule has 1 aromatic heterocycles. The maximum atomic E-state index is 4.94. The summed E-state index contributed by atoms with van der Waals surface area (Å²) in [5.74, 6) is 0.481. The molecule has 0 bridgehead atoms. The lowest BCUT2D eigenvalue weighted by Gasteiger charge is -2.06. The monoisotopic (exact) mass is 157 g/mol. The molecule has 0 amide bonds. The van der Waals surface area contributed by atoms with Gasteiger partial charge in [0.1, 0.15) is 12.5 Å². The lowest BCUT2D eigenvalue weighted by molar-refractivity contribution is 0.257. The molecular formula is C4H3N3O2S. The minimum Gasteiger partial charge on any atom is -0.373 e. The van der Waals surface area contributed by atoms with E-state index in [1.165, 1.54) is 22.6 Å². The number of hydrogen-bond acceptors (Lipinski definition) is 6. The first kappa shape index (κ1) is 5.60. The van der Waals surface area contributed by atoms with E-state index in [-0.39, 0.29) is 0 Å². The van der Waals surface area contributed by atoms with Crippen molar-refractivity contribution in [1.29, 1.82) is 0 Å². The van der Waals surface area contributed by atoms with Crippen molar-refractivity contribution in [3.8, 4) is 0 Å². The molecule has 0 atom stereocenters. The second-order valence-electron chi connectivity index (χ2n) is 1.50. The van der Waals surface area contributed by atoms with Crippen molar-refractivity contribution in [2.24, 2.45) is 0 Å². The Morgan fingerprint density at radius 1 is 1.60 bits per heavy atom. The Hall–Kier alpha value is -1.17. The molecule has 0 N–H and O–H groups in total. The summed E-state index contributed by atoms with van der Waals surface area (Å²) in [6.45, 7) is 0. The average molecular weight is 157 g/mol. The number of rotatable bonds is 1. The van der Waals surface area contributed by atoms with E-state index in [2.05, 4.69) is 10.4 Å². The van der Waals surface area contributed by atoms with Crippen molar-refractivity contribution in [3.63, 3.8) is 0 Å². The molecule has 0 aromatic carbocycles. The molecular weight excluding hydrogens is 154 g/mol. The summed E-state index contributed by atoms with van der Waals surface area (Å²) in [6, 6.07) is 0. The summed E-state index contributed by atoms with van der Waals surface area (Å²) in [5.41, 5.74) is 0. The molecule has 0 radical (unpaired) electrons. The largest absolute Gasteiger partial charge is 0.373 e. The highest BCUT2D eigenvalue weighted by Gasteiger charge is 2.14. The normalized spacial score (nSPS) is 15.8. The molecule has 2 heterocycles. The van der Waals surface area contributed by atoms with E-state index in [9.17, 15) is 0 Å². The van der Waals surface area contributed by atoms with Crippen LogP contribution >= 0.6 is 11.9 Å². The maximum Gasteiger partial charge on any atom is 0.291 e. The molecule has 0 aliphatic carbocycles. The molecule has 1 aliphatic rings. The van der Waals surface area contributed by atoms with Crippen LogP contribution in [-0.2, 0) is 4.84 Å². The Kier molecular flexibility index (Phi) is 1.24. The lowest BCUT2D eigenvalue weighted by atomic mass is 10.8. The third kappa shape index (κ3) is 0.820. The van der Waals surface area contributed by atoms with Crippen LogP contribution in [0.25, 0.3) is 0 Å². The second kappa shape index (κ2) is 2.22. The predicted molar refractivity (Wildman–Crippen MR) is 34.6 cm³/mol. The first-order valence-electron chi connectivity index (χ1n) is 2.53. The highest BCUT2D eigenvalue weighted by molar-refractivity contribution is 8.03. The Balaban J connectivity index is 2.14. The fraction of sp³-hybridized carbons (Fsp3) is 0. The van der Waals surface area contributed by atoms with Gasteiger partial charge >= 0.3 is 0 Å². The number of hydrogen-bond donors (Lipinski definition) is 0. The van der Waals surface area contributed by atoms with E-state index in [0.717, 1.165) is 0 Å². The van der Waals surface area contributed by atoms with Gasteiger partial charge in [-0.05, 0) is 0 Å². The van der Waals surface area contributed by atoms with Crippen molar-refractivity contribution >= 4 is 17.8 Å². The highest BCUT2D eigenvalue weighted by atomic mass is 32.2. The van der Waals surface area contributed by atoms with Gasteiger partial charge in [-0.3, -0.25) is 0 Å². The SMILES string of the molecule is C1=CSN(c2cnno2)O1. The quantitative estimate of drug-likeness (QED) is 0.565. The van der Waals surface area contributed by atoms with Gasteiger partial charge in [-0.15, -0.1) is 9.57 Å². The predicted octanol–water partition coefficient (Wildman–Crippen LogP) is 0.941. The fourth-order valence-corrected chi connectivity index (χ4v) is 1.03. The molecule has 5 nitrogen and oxygen atoms in total. The van der Waals surface area contributed by atoms with Crippen molar-refractivity contribution in [1.82, 2.24) is 10.4 Å². The third-order valence-electron chi connectivity index (χ3n) is 0.898. The Labute approximate surface area is 60.7 Å². The molecule has 0 unspecified atom stereocenters. The summed E-state index contributed by atoms with van der Waals surface area (Å²) in [6.07, 6.45) is 3.02. The second-order valence-corrected chi connectivity index (χ2v) is 2.31. The molecule has 0 saturated heterocycles. The molecule has 10 heavy (non-hydrogen) atoms. The van der Waals surface area contributed by atoms with Crippen LogP contribution in [-0.4, -0.2) is 10.4 Å². The van der Waals surface area contributed by atoms with E-state index in [0.29, 0.717) is 5.88 Å². The number of nitrogens with zero attached hydrogens (tertiary/aromatic N) is 3. The number of anilines is 1. The molecule has 52 valence electrons. The molecule has 0 saturated carbocycles. The van der Waals surface area contributed by atoms with Gasteiger partial charge in [0.15, 0.2) is 0 Å². The lowest BCUT2D eigenvalue weighted by Crippen LogP contribution is -2.04. The first-order chi connectivity index (χ1) is 4.97. The fourth-order valence-electron chi connectivity index (χ4n) is 0.531. The zero-order valence-electron chi connectivity index (χ0n) is 4.80. The van der Waals surface area contributed by atoms with E-state index in [1.807, 2.05) is 0 Å². The van der Waals surface area contributed by atoms with Crippen LogP contribution in [0.5, 0.6) is 0 Å². The Morgan fingerprint density at radius 2 is 2.60 bits per heavy atom. The third-order valence-corrected chi connectivity index (χ3v) is 1.59. The zero-order valence-corrected chi connectivity index (χ0v) is 5.61. The summed E-state index contributed by atoms with van der Waals surface area (Å²) in [7, 11) is 0. The van der Waals surface area contributed by atoms with Crippen LogP contribution in [0.15, 0.2) is 22.4 Å². The minimum absolute atomic E-state index is 0.481. The van der Waals surface area contributed by atoms with Gasteiger partial charge in [0.25, 0.3) is 5.88 Å². The summed E-state index contributed by atoms with van der Waals surface area (Å²) in [5, 5.41) is 8.55. The Morgan fingerprint density at radius 3 is 3.20 bits per heavy atom. The van der Waals surface area contributed by atoms with E-state index in [4.69, 9.17) is 9.36 Å². The summed E-state index contributed by atoms with van der Waals surface area (Å²) in [4.78, 5) is 4.94. The first-order valence-corrected chi connectivity index (χ1v) is 3.36. The van der Waals surface area contributed by atoms with Crippen LogP contribution in [0.3, 0.4) is 0 Å². The van der Waals surface area contributed by atoms with Crippen molar-refractivity contribution in [2.75, 3.05) is 4.47 Å². The molecule has 6 heteroatoms. The molecule has 0 spiro atoms. The highest BCUT2D eigenvalue weighted by Crippen LogP contribution is 2.26. The minimum atomic E-state index is 0.481. The van der Waals surface area contributed by atoms with Crippen molar-refractivity contribution in [2.45, 2.75) is 0 Å².